The minimum Gasteiger partial charge on any atom is -0.496 e. The summed E-state index contributed by atoms with van der Waals surface area (Å²) in [6, 6.07) is 18.8. The molecule has 4 rings (SSSR count). The summed E-state index contributed by atoms with van der Waals surface area (Å²) in [4.78, 5) is 4.52. The number of rotatable bonds is 7. The Hall–Kier alpha value is -2.47. The zero-order valence-electron chi connectivity index (χ0n) is 16.8. The highest BCUT2D eigenvalue weighted by Gasteiger charge is 2.28. The van der Waals surface area contributed by atoms with E-state index in [1.54, 1.807) is 7.11 Å². The Labute approximate surface area is 172 Å². The Morgan fingerprint density at radius 1 is 0.966 bits per heavy atom. The van der Waals surface area contributed by atoms with Crippen molar-refractivity contribution in [3.05, 3.63) is 71.9 Å². The fourth-order valence-corrected chi connectivity index (χ4v) is 4.22. The third-order valence-corrected chi connectivity index (χ3v) is 5.86. The molecule has 3 atom stereocenters. The van der Waals surface area contributed by atoms with Crippen molar-refractivity contribution in [1.82, 2.24) is 15.6 Å². The first-order valence-electron chi connectivity index (χ1n) is 10.3. The van der Waals surface area contributed by atoms with Crippen molar-refractivity contribution >= 4 is 10.9 Å². The summed E-state index contributed by atoms with van der Waals surface area (Å²) in [5, 5.41) is 19.0. The summed E-state index contributed by atoms with van der Waals surface area (Å²) >= 11 is 0. The predicted molar refractivity (Wildman–Crippen MR) is 116 cm³/mol. The van der Waals surface area contributed by atoms with Gasteiger partial charge in [0.2, 0.25) is 0 Å². The number of para-hydroxylation sites is 2. The fraction of sp³-hybridized carbons (Fsp3) is 0.375. The summed E-state index contributed by atoms with van der Waals surface area (Å²) in [5.74, 6) is 0.902. The largest absolute Gasteiger partial charge is 0.496 e. The van der Waals surface area contributed by atoms with Gasteiger partial charge in [-0.15, -0.1) is 0 Å². The van der Waals surface area contributed by atoms with Gasteiger partial charge in [0, 0.05) is 42.3 Å². The van der Waals surface area contributed by atoms with E-state index in [0.29, 0.717) is 6.04 Å². The standard InChI is InChI=1S/C24H29N3O2/c1-29-23-10-3-2-6-18(23)15-26-20-11-12-21(22(28)14-20)27-16-19-8-4-7-17-9-5-13-25-24(17)19/h2-10,13,20-22,26-28H,11-12,14-16H2,1H3/t20-,21-,22+/m0/s1. The van der Waals surface area contributed by atoms with Crippen LogP contribution in [0.15, 0.2) is 60.8 Å². The Kier molecular flexibility index (Phi) is 6.39. The maximum atomic E-state index is 10.7. The van der Waals surface area contributed by atoms with Crippen LogP contribution in [0.2, 0.25) is 0 Å². The number of ether oxygens (including phenoxy) is 1. The monoisotopic (exact) mass is 391 g/mol. The molecule has 1 aliphatic carbocycles. The summed E-state index contributed by atoms with van der Waals surface area (Å²) in [6.07, 6.45) is 4.21. The fourth-order valence-electron chi connectivity index (χ4n) is 4.22. The molecule has 0 saturated heterocycles. The second-order valence-corrected chi connectivity index (χ2v) is 7.75. The van der Waals surface area contributed by atoms with Crippen LogP contribution in [0.1, 0.15) is 30.4 Å². The van der Waals surface area contributed by atoms with E-state index in [1.807, 2.05) is 30.5 Å². The van der Waals surface area contributed by atoms with Gasteiger partial charge in [0.1, 0.15) is 5.75 Å². The third-order valence-electron chi connectivity index (χ3n) is 5.86. The lowest BCUT2D eigenvalue weighted by atomic mass is 9.88. The average molecular weight is 392 g/mol. The molecule has 0 unspecified atom stereocenters. The number of aromatic nitrogens is 1. The SMILES string of the molecule is COc1ccccc1CN[C@H]1CC[C@H](NCc2cccc3cccnc23)[C@H](O)C1. The molecule has 1 fully saturated rings. The molecule has 2 aromatic carbocycles. The highest BCUT2D eigenvalue weighted by Crippen LogP contribution is 2.23. The summed E-state index contributed by atoms with van der Waals surface area (Å²) in [7, 11) is 1.70. The number of nitrogens with one attached hydrogen (secondary N) is 2. The smallest absolute Gasteiger partial charge is 0.123 e. The first kappa shape index (κ1) is 19.8. The van der Waals surface area contributed by atoms with E-state index < -0.39 is 0 Å². The van der Waals surface area contributed by atoms with Crippen molar-refractivity contribution in [3.63, 3.8) is 0 Å². The molecular weight excluding hydrogens is 362 g/mol. The van der Waals surface area contributed by atoms with Crippen LogP contribution in [-0.4, -0.2) is 35.4 Å². The summed E-state index contributed by atoms with van der Waals surface area (Å²) in [5.41, 5.74) is 3.35. The molecule has 3 N–H and O–H groups in total. The lowest BCUT2D eigenvalue weighted by Crippen LogP contribution is -2.48. The number of hydrogen-bond acceptors (Lipinski definition) is 5. The number of aliphatic hydroxyl groups excluding tert-OH is 1. The van der Waals surface area contributed by atoms with Crippen LogP contribution in [0.25, 0.3) is 10.9 Å². The average Bonchev–Trinajstić information content (AvgIpc) is 2.77. The van der Waals surface area contributed by atoms with E-state index in [0.717, 1.165) is 54.6 Å². The number of methoxy groups -OCH3 is 1. The van der Waals surface area contributed by atoms with Crippen LogP contribution in [-0.2, 0) is 13.1 Å². The maximum Gasteiger partial charge on any atom is 0.123 e. The Bertz CT molecular complexity index is 941. The summed E-state index contributed by atoms with van der Waals surface area (Å²) in [6.45, 7) is 1.47. The molecule has 5 nitrogen and oxygen atoms in total. The van der Waals surface area contributed by atoms with E-state index in [-0.39, 0.29) is 12.1 Å². The topological polar surface area (TPSA) is 66.4 Å². The number of benzene rings is 2. The lowest BCUT2D eigenvalue weighted by molar-refractivity contribution is 0.0742. The van der Waals surface area contributed by atoms with Gasteiger partial charge in [0.05, 0.1) is 18.7 Å². The molecule has 1 aliphatic rings. The number of aliphatic hydroxyl groups is 1. The highest BCUT2D eigenvalue weighted by atomic mass is 16.5. The van der Waals surface area contributed by atoms with Gasteiger partial charge in [-0.3, -0.25) is 4.98 Å². The molecule has 1 aromatic heterocycles. The van der Waals surface area contributed by atoms with Crippen LogP contribution in [0.3, 0.4) is 0 Å². The molecule has 5 heteroatoms. The van der Waals surface area contributed by atoms with Gasteiger partial charge < -0.3 is 20.5 Å². The second-order valence-electron chi connectivity index (χ2n) is 7.75. The van der Waals surface area contributed by atoms with Crippen LogP contribution in [0, 0.1) is 0 Å². The van der Waals surface area contributed by atoms with Gasteiger partial charge in [-0.1, -0.05) is 42.5 Å². The quantitative estimate of drug-likeness (QED) is 0.576. The van der Waals surface area contributed by atoms with Gasteiger partial charge in [-0.25, -0.2) is 0 Å². The highest BCUT2D eigenvalue weighted by molar-refractivity contribution is 5.81. The maximum absolute atomic E-state index is 10.7. The normalized spacial score (nSPS) is 21.9. The molecule has 0 amide bonds. The van der Waals surface area contributed by atoms with Crippen molar-refractivity contribution in [3.8, 4) is 5.75 Å². The molecule has 3 aromatic rings. The Morgan fingerprint density at radius 3 is 2.62 bits per heavy atom. The van der Waals surface area contributed by atoms with Crippen molar-refractivity contribution in [2.75, 3.05) is 7.11 Å². The van der Waals surface area contributed by atoms with Crippen molar-refractivity contribution in [2.45, 2.75) is 50.5 Å². The lowest BCUT2D eigenvalue weighted by Gasteiger charge is -2.34. The molecular formula is C24H29N3O2. The van der Waals surface area contributed by atoms with Gasteiger partial charge in [-0.05, 0) is 37.0 Å². The van der Waals surface area contributed by atoms with Gasteiger partial charge in [-0.2, -0.15) is 0 Å². The van der Waals surface area contributed by atoms with Crippen LogP contribution >= 0.6 is 0 Å². The molecule has 1 heterocycles. The molecule has 0 spiro atoms. The third kappa shape index (κ3) is 4.75. The van der Waals surface area contributed by atoms with Crippen LogP contribution in [0.4, 0.5) is 0 Å². The molecule has 1 saturated carbocycles. The first-order valence-corrected chi connectivity index (χ1v) is 10.3. The number of pyridine rings is 1. The molecule has 152 valence electrons. The minimum atomic E-state index is -0.359. The zero-order valence-corrected chi connectivity index (χ0v) is 16.8. The van der Waals surface area contributed by atoms with E-state index in [1.165, 1.54) is 5.56 Å². The molecule has 0 radical (unpaired) electrons. The zero-order chi connectivity index (χ0) is 20.1. The Morgan fingerprint density at radius 2 is 1.76 bits per heavy atom. The van der Waals surface area contributed by atoms with E-state index in [4.69, 9.17) is 4.74 Å². The van der Waals surface area contributed by atoms with E-state index >= 15 is 0 Å². The van der Waals surface area contributed by atoms with Gasteiger partial charge in [0.15, 0.2) is 0 Å². The van der Waals surface area contributed by atoms with E-state index in [9.17, 15) is 5.11 Å². The predicted octanol–water partition coefficient (Wildman–Crippen LogP) is 3.40. The van der Waals surface area contributed by atoms with E-state index in [2.05, 4.69) is 45.9 Å². The van der Waals surface area contributed by atoms with Gasteiger partial charge >= 0.3 is 0 Å². The second kappa shape index (κ2) is 9.35. The number of hydrogen-bond donors (Lipinski definition) is 3. The molecule has 0 bridgehead atoms. The van der Waals surface area contributed by atoms with Crippen LogP contribution in [0.5, 0.6) is 5.75 Å². The van der Waals surface area contributed by atoms with Gasteiger partial charge in [0.25, 0.3) is 0 Å². The summed E-state index contributed by atoms with van der Waals surface area (Å²) < 4.78 is 5.42. The number of fused-ring (bicyclic) bond motifs is 1. The first-order chi connectivity index (χ1) is 14.2. The molecule has 29 heavy (non-hydrogen) atoms. The van der Waals surface area contributed by atoms with Crippen molar-refractivity contribution in [1.29, 1.82) is 0 Å². The minimum absolute atomic E-state index is 0.110. The van der Waals surface area contributed by atoms with Crippen molar-refractivity contribution < 1.29 is 9.84 Å². The van der Waals surface area contributed by atoms with Crippen LogP contribution < -0.4 is 15.4 Å². The number of nitrogens with zero attached hydrogens (tertiary/aromatic N) is 1. The molecule has 0 aliphatic heterocycles. The Balaban J connectivity index is 1.30. The van der Waals surface area contributed by atoms with Crippen molar-refractivity contribution in [2.24, 2.45) is 0 Å².